The molecule has 2 aromatic rings. The number of nitrogens with zero attached hydrogens (tertiary/aromatic N) is 1. The van der Waals surface area contributed by atoms with Crippen LogP contribution in [-0.2, 0) is 14.3 Å². The monoisotopic (exact) mass is 452 g/mol. The van der Waals surface area contributed by atoms with Crippen molar-refractivity contribution in [2.24, 2.45) is 5.41 Å². The number of likely N-dealkylation sites (N-methyl/N-ethyl adjacent to an activating group) is 1. The highest BCUT2D eigenvalue weighted by Crippen LogP contribution is 2.44. The lowest BCUT2D eigenvalue weighted by molar-refractivity contribution is -0.151. The van der Waals surface area contributed by atoms with Crippen LogP contribution in [0.3, 0.4) is 0 Å². The number of nitrogens with one attached hydrogen (secondary N) is 1. The van der Waals surface area contributed by atoms with Gasteiger partial charge in [-0.3, -0.25) is 4.79 Å². The van der Waals surface area contributed by atoms with E-state index in [1.807, 2.05) is 57.2 Å². The molecule has 3 rings (SSSR count). The van der Waals surface area contributed by atoms with E-state index >= 15 is 0 Å². The number of hydrogen-bond donors (Lipinski definition) is 2. The summed E-state index contributed by atoms with van der Waals surface area (Å²) in [7, 11) is 1.45. The maximum atomic E-state index is 13.1. The van der Waals surface area contributed by atoms with Crippen molar-refractivity contribution in [1.82, 2.24) is 10.2 Å². The number of fused-ring (bicyclic) bond motifs is 3. The van der Waals surface area contributed by atoms with E-state index in [1.165, 1.54) is 11.9 Å². The maximum Gasteiger partial charge on any atom is 0.407 e. The van der Waals surface area contributed by atoms with Crippen molar-refractivity contribution in [1.29, 1.82) is 0 Å². The zero-order chi connectivity index (χ0) is 24.3. The van der Waals surface area contributed by atoms with Crippen LogP contribution in [0.15, 0.2) is 48.5 Å². The molecule has 2 amide bonds. The summed E-state index contributed by atoms with van der Waals surface area (Å²) in [5.41, 5.74) is 3.81. The van der Waals surface area contributed by atoms with Crippen molar-refractivity contribution in [2.75, 3.05) is 13.7 Å². The molecule has 2 atom stereocenters. The minimum absolute atomic E-state index is 0.0916. The Morgan fingerprint density at radius 2 is 1.55 bits per heavy atom. The molecule has 0 saturated carbocycles. The van der Waals surface area contributed by atoms with Gasteiger partial charge in [0.2, 0.25) is 5.91 Å². The summed E-state index contributed by atoms with van der Waals surface area (Å²) in [6, 6.07) is 14.2. The molecular formula is C26H32N2O5. The number of hydrogen-bond acceptors (Lipinski definition) is 4. The predicted octanol–water partition coefficient (Wildman–Crippen LogP) is 4.26. The Kier molecular flexibility index (Phi) is 7.10. The second kappa shape index (κ2) is 9.65. The number of carboxylic acids is 1. The molecule has 176 valence electrons. The Balaban J connectivity index is 1.73. The van der Waals surface area contributed by atoms with Gasteiger partial charge in [-0.05, 0) is 34.1 Å². The molecule has 0 bridgehead atoms. The molecule has 2 aromatic carbocycles. The minimum Gasteiger partial charge on any atom is -0.480 e. The van der Waals surface area contributed by atoms with Gasteiger partial charge < -0.3 is 20.1 Å². The molecule has 7 nitrogen and oxygen atoms in total. The first kappa shape index (κ1) is 24.3. The van der Waals surface area contributed by atoms with E-state index < -0.39 is 35.5 Å². The predicted molar refractivity (Wildman–Crippen MR) is 126 cm³/mol. The number of amides is 2. The first-order chi connectivity index (χ1) is 15.6. The average molecular weight is 453 g/mol. The molecule has 1 aliphatic carbocycles. The quantitative estimate of drug-likeness (QED) is 0.654. The standard InChI is InChI=1S/C26H32N2O5/c1-6-21(24(30)31)28(5)23(29)22(26(2,3)4)27-25(32)33-15-20-18-13-9-7-11-16(18)17-12-8-10-14-19(17)20/h7-14,20-22H,6,15H2,1-5H3,(H,27,32)(H,30,31). The van der Waals surface area contributed by atoms with Gasteiger partial charge in [-0.1, -0.05) is 76.2 Å². The van der Waals surface area contributed by atoms with Crippen LogP contribution in [0.5, 0.6) is 0 Å². The second-order valence-electron chi connectivity index (χ2n) is 9.48. The maximum absolute atomic E-state index is 13.1. The number of carbonyl (C=O) groups excluding carboxylic acids is 2. The lowest BCUT2D eigenvalue weighted by Crippen LogP contribution is -2.57. The third-order valence-electron chi connectivity index (χ3n) is 6.21. The highest BCUT2D eigenvalue weighted by Gasteiger charge is 2.38. The summed E-state index contributed by atoms with van der Waals surface area (Å²) >= 11 is 0. The third kappa shape index (κ3) is 5.02. The van der Waals surface area contributed by atoms with E-state index in [1.54, 1.807) is 6.92 Å². The topological polar surface area (TPSA) is 95.9 Å². The molecule has 0 fully saturated rings. The average Bonchev–Trinajstić information content (AvgIpc) is 3.08. The van der Waals surface area contributed by atoms with Gasteiger partial charge in [0.05, 0.1) is 0 Å². The minimum atomic E-state index is -1.08. The lowest BCUT2D eigenvalue weighted by atomic mass is 9.85. The highest BCUT2D eigenvalue weighted by molar-refractivity contribution is 5.89. The smallest absolute Gasteiger partial charge is 0.407 e. The van der Waals surface area contributed by atoms with Crippen molar-refractivity contribution in [3.8, 4) is 11.1 Å². The Labute approximate surface area is 194 Å². The number of benzene rings is 2. The molecule has 0 radical (unpaired) electrons. The summed E-state index contributed by atoms with van der Waals surface area (Å²) in [6.07, 6.45) is -0.443. The number of aliphatic carboxylic acids is 1. The number of carboxylic acid groups (broad SMARTS) is 1. The first-order valence-corrected chi connectivity index (χ1v) is 11.2. The lowest BCUT2D eigenvalue weighted by Gasteiger charge is -2.35. The molecular weight excluding hydrogens is 420 g/mol. The molecule has 33 heavy (non-hydrogen) atoms. The van der Waals surface area contributed by atoms with Crippen LogP contribution >= 0.6 is 0 Å². The van der Waals surface area contributed by atoms with Gasteiger partial charge in [0.1, 0.15) is 18.7 Å². The van der Waals surface area contributed by atoms with Crippen molar-refractivity contribution in [3.63, 3.8) is 0 Å². The Hall–Kier alpha value is -3.35. The van der Waals surface area contributed by atoms with Crippen molar-refractivity contribution in [2.45, 2.75) is 52.1 Å². The van der Waals surface area contributed by atoms with Crippen molar-refractivity contribution >= 4 is 18.0 Å². The first-order valence-electron chi connectivity index (χ1n) is 11.2. The summed E-state index contributed by atoms with van der Waals surface area (Å²) in [5.74, 6) is -1.64. The summed E-state index contributed by atoms with van der Waals surface area (Å²) < 4.78 is 5.59. The zero-order valence-corrected chi connectivity index (χ0v) is 19.8. The summed E-state index contributed by atoms with van der Waals surface area (Å²) in [5, 5.41) is 12.1. The molecule has 0 aromatic heterocycles. The molecule has 0 spiro atoms. The fourth-order valence-corrected chi connectivity index (χ4v) is 4.38. The number of carbonyl (C=O) groups is 3. The van der Waals surface area contributed by atoms with Gasteiger partial charge in [-0.15, -0.1) is 0 Å². The van der Waals surface area contributed by atoms with E-state index in [2.05, 4.69) is 17.4 Å². The SMILES string of the molecule is CCC(C(=O)O)N(C)C(=O)C(NC(=O)OCC1c2ccccc2-c2ccccc21)C(C)(C)C. The molecule has 1 aliphatic rings. The molecule has 0 heterocycles. The van der Waals surface area contributed by atoms with Gasteiger partial charge in [0, 0.05) is 13.0 Å². The fourth-order valence-electron chi connectivity index (χ4n) is 4.38. The molecule has 2 unspecified atom stereocenters. The largest absolute Gasteiger partial charge is 0.480 e. The van der Waals surface area contributed by atoms with E-state index in [-0.39, 0.29) is 18.9 Å². The van der Waals surface area contributed by atoms with Crippen LogP contribution in [0.2, 0.25) is 0 Å². The van der Waals surface area contributed by atoms with Gasteiger partial charge in [0.25, 0.3) is 0 Å². The van der Waals surface area contributed by atoms with Gasteiger partial charge >= 0.3 is 12.1 Å². The summed E-state index contributed by atoms with van der Waals surface area (Å²) in [6.45, 7) is 7.28. The zero-order valence-electron chi connectivity index (χ0n) is 19.8. The summed E-state index contributed by atoms with van der Waals surface area (Å²) in [4.78, 5) is 38.6. The van der Waals surface area contributed by atoms with E-state index in [4.69, 9.17) is 4.74 Å². The van der Waals surface area contributed by atoms with Crippen LogP contribution in [0, 0.1) is 5.41 Å². The Morgan fingerprint density at radius 3 is 2.00 bits per heavy atom. The number of rotatable bonds is 7. The number of alkyl carbamates (subject to hydrolysis) is 1. The van der Waals surface area contributed by atoms with Crippen LogP contribution in [0.25, 0.3) is 11.1 Å². The highest BCUT2D eigenvalue weighted by atomic mass is 16.5. The van der Waals surface area contributed by atoms with E-state index in [0.29, 0.717) is 0 Å². The van der Waals surface area contributed by atoms with Crippen molar-refractivity contribution < 1.29 is 24.2 Å². The third-order valence-corrected chi connectivity index (χ3v) is 6.21. The fraction of sp³-hybridized carbons (Fsp3) is 0.423. The number of ether oxygens (including phenoxy) is 1. The van der Waals surface area contributed by atoms with E-state index in [0.717, 1.165) is 22.3 Å². The molecule has 7 heteroatoms. The normalized spacial score (nSPS) is 14.6. The van der Waals surface area contributed by atoms with Crippen LogP contribution in [0.1, 0.15) is 51.2 Å². The Morgan fingerprint density at radius 1 is 1.03 bits per heavy atom. The van der Waals surface area contributed by atoms with Gasteiger partial charge in [-0.2, -0.15) is 0 Å². The van der Waals surface area contributed by atoms with E-state index in [9.17, 15) is 19.5 Å². The van der Waals surface area contributed by atoms with Crippen LogP contribution < -0.4 is 5.32 Å². The Bertz CT molecular complexity index is 997. The van der Waals surface area contributed by atoms with Crippen LogP contribution in [0.4, 0.5) is 4.79 Å². The van der Waals surface area contributed by atoms with Crippen molar-refractivity contribution in [3.05, 3.63) is 59.7 Å². The second-order valence-corrected chi connectivity index (χ2v) is 9.48. The molecule has 0 saturated heterocycles. The van der Waals surface area contributed by atoms with Gasteiger partial charge in [0.15, 0.2) is 0 Å². The van der Waals surface area contributed by atoms with Crippen LogP contribution in [-0.4, -0.2) is 53.7 Å². The molecule has 2 N–H and O–H groups in total. The molecule has 0 aliphatic heterocycles. The van der Waals surface area contributed by atoms with Gasteiger partial charge in [-0.25, -0.2) is 9.59 Å².